The monoisotopic (exact) mass is 229 g/mol. The summed E-state index contributed by atoms with van der Waals surface area (Å²) in [5, 5.41) is 10.4. The van der Waals surface area contributed by atoms with Gasteiger partial charge in [0.2, 0.25) is 0 Å². The zero-order valence-corrected chi connectivity index (χ0v) is 10.1. The fraction of sp³-hybridized carbons (Fsp3) is 0.467. The van der Waals surface area contributed by atoms with E-state index in [0.29, 0.717) is 0 Å². The van der Waals surface area contributed by atoms with Crippen molar-refractivity contribution < 1.29 is 5.11 Å². The average molecular weight is 229 g/mol. The minimum Gasteiger partial charge on any atom is -0.396 e. The number of aliphatic hydroxyl groups is 1. The molecule has 1 saturated carbocycles. The maximum atomic E-state index is 9.14. The summed E-state index contributed by atoms with van der Waals surface area (Å²) in [4.78, 5) is 0. The lowest BCUT2D eigenvalue weighted by molar-refractivity contribution is 0.279. The van der Waals surface area contributed by atoms with Crippen molar-refractivity contribution in [2.75, 3.05) is 6.61 Å². The van der Waals surface area contributed by atoms with Crippen molar-refractivity contribution in [3.05, 3.63) is 36.0 Å². The van der Waals surface area contributed by atoms with Crippen LogP contribution in [-0.4, -0.2) is 16.3 Å². The number of para-hydroxylation sites is 1. The predicted molar refractivity (Wildman–Crippen MR) is 70.1 cm³/mol. The minimum atomic E-state index is 0.230. The average Bonchev–Trinajstić information content (AvgIpc) is 2.68. The molecule has 1 aromatic heterocycles. The molecule has 1 N–H and O–H groups in total. The van der Waals surface area contributed by atoms with Crippen LogP contribution in [0.4, 0.5) is 0 Å². The van der Waals surface area contributed by atoms with Crippen LogP contribution in [0.1, 0.15) is 24.8 Å². The molecule has 0 atom stereocenters. The summed E-state index contributed by atoms with van der Waals surface area (Å²) in [6.07, 6.45) is 7.10. The van der Waals surface area contributed by atoms with E-state index in [2.05, 4.69) is 35.0 Å². The maximum Gasteiger partial charge on any atom is 0.0513 e. The van der Waals surface area contributed by atoms with Gasteiger partial charge < -0.3 is 9.67 Å². The van der Waals surface area contributed by atoms with E-state index in [4.69, 9.17) is 5.11 Å². The minimum absolute atomic E-state index is 0.230. The van der Waals surface area contributed by atoms with Gasteiger partial charge in [-0.15, -0.1) is 0 Å². The molecule has 0 unspecified atom stereocenters. The third kappa shape index (κ3) is 1.98. The number of aromatic nitrogens is 1. The van der Waals surface area contributed by atoms with Gasteiger partial charge in [-0.3, -0.25) is 0 Å². The molecule has 0 saturated heterocycles. The van der Waals surface area contributed by atoms with E-state index in [1.54, 1.807) is 0 Å². The van der Waals surface area contributed by atoms with Crippen molar-refractivity contribution in [2.24, 2.45) is 5.92 Å². The van der Waals surface area contributed by atoms with Gasteiger partial charge in [-0.1, -0.05) is 24.6 Å². The van der Waals surface area contributed by atoms with Crippen LogP contribution in [-0.2, 0) is 13.0 Å². The second-order valence-corrected chi connectivity index (χ2v) is 5.09. The molecule has 0 amide bonds. The molecule has 0 bridgehead atoms. The first-order valence-corrected chi connectivity index (χ1v) is 6.56. The van der Waals surface area contributed by atoms with Crippen LogP contribution in [0.2, 0.25) is 0 Å². The summed E-state index contributed by atoms with van der Waals surface area (Å²) >= 11 is 0. The van der Waals surface area contributed by atoms with Gasteiger partial charge in [-0.25, -0.2) is 0 Å². The summed E-state index contributed by atoms with van der Waals surface area (Å²) < 4.78 is 2.38. The van der Waals surface area contributed by atoms with Crippen LogP contribution in [0.3, 0.4) is 0 Å². The van der Waals surface area contributed by atoms with Gasteiger partial charge in [0, 0.05) is 19.3 Å². The van der Waals surface area contributed by atoms with Gasteiger partial charge in [-0.2, -0.15) is 0 Å². The molecule has 1 aromatic carbocycles. The molecule has 90 valence electrons. The summed E-state index contributed by atoms with van der Waals surface area (Å²) in [5.74, 6) is 0.868. The van der Waals surface area contributed by atoms with Crippen molar-refractivity contribution >= 4 is 10.9 Å². The molecule has 2 nitrogen and oxygen atoms in total. The lowest BCUT2D eigenvalue weighted by Crippen LogP contribution is -2.17. The summed E-state index contributed by atoms with van der Waals surface area (Å²) in [6, 6.07) is 8.57. The van der Waals surface area contributed by atoms with Crippen LogP contribution < -0.4 is 0 Å². The molecule has 1 aliphatic rings. The first kappa shape index (κ1) is 10.8. The second kappa shape index (κ2) is 4.53. The summed E-state index contributed by atoms with van der Waals surface area (Å²) in [6.45, 7) is 1.37. The zero-order chi connectivity index (χ0) is 11.7. The van der Waals surface area contributed by atoms with Crippen LogP contribution in [0.5, 0.6) is 0 Å². The summed E-state index contributed by atoms with van der Waals surface area (Å²) in [7, 11) is 0. The molecular weight excluding hydrogens is 210 g/mol. The van der Waals surface area contributed by atoms with Gasteiger partial charge in [0.25, 0.3) is 0 Å². The topological polar surface area (TPSA) is 25.2 Å². The largest absolute Gasteiger partial charge is 0.396 e. The molecule has 17 heavy (non-hydrogen) atoms. The van der Waals surface area contributed by atoms with Gasteiger partial charge >= 0.3 is 0 Å². The van der Waals surface area contributed by atoms with E-state index >= 15 is 0 Å². The second-order valence-electron chi connectivity index (χ2n) is 5.09. The molecule has 1 heterocycles. The number of hydrogen-bond acceptors (Lipinski definition) is 1. The van der Waals surface area contributed by atoms with Crippen LogP contribution in [0, 0.1) is 5.92 Å². The Hall–Kier alpha value is -1.28. The number of benzene rings is 1. The Morgan fingerprint density at radius 2 is 2.12 bits per heavy atom. The van der Waals surface area contributed by atoms with E-state index in [-0.39, 0.29) is 6.61 Å². The molecule has 2 aromatic rings. The summed E-state index contributed by atoms with van der Waals surface area (Å²) in [5.41, 5.74) is 2.60. The highest BCUT2D eigenvalue weighted by Crippen LogP contribution is 2.30. The van der Waals surface area contributed by atoms with Gasteiger partial charge in [0.15, 0.2) is 0 Å². The Labute approximate surface area is 102 Å². The van der Waals surface area contributed by atoms with Crippen molar-refractivity contribution in [2.45, 2.75) is 32.2 Å². The maximum absolute atomic E-state index is 9.14. The number of nitrogens with zero attached hydrogens (tertiary/aromatic N) is 1. The highest BCUT2D eigenvalue weighted by molar-refractivity contribution is 5.83. The Balaban J connectivity index is 1.98. The van der Waals surface area contributed by atoms with Gasteiger partial charge in [0.1, 0.15) is 0 Å². The highest BCUT2D eigenvalue weighted by Gasteiger charge is 2.18. The van der Waals surface area contributed by atoms with E-state index in [0.717, 1.165) is 18.9 Å². The van der Waals surface area contributed by atoms with Crippen molar-refractivity contribution in [1.29, 1.82) is 0 Å². The molecule has 2 heteroatoms. The number of rotatable bonds is 4. The molecule has 1 fully saturated rings. The predicted octanol–water partition coefficient (Wildman–Crippen LogP) is 2.98. The SMILES string of the molecule is OCCc1cccc2ccn(CC3CCC3)c12. The zero-order valence-electron chi connectivity index (χ0n) is 10.1. The number of fused-ring (bicyclic) bond motifs is 1. The normalized spacial score (nSPS) is 16.3. The van der Waals surface area contributed by atoms with E-state index in [1.807, 2.05) is 0 Å². The lowest BCUT2D eigenvalue weighted by atomic mass is 9.85. The molecule has 1 aliphatic carbocycles. The standard InChI is InChI=1S/C15H19NO/c17-10-8-14-6-2-5-13-7-9-16(15(13)14)11-12-3-1-4-12/h2,5-7,9,12,17H,1,3-4,8,10-11H2. The first-order chi connectivity index (χ1) is 8.38. The van der Waals surface area contributed by atoms with Crippen LogP contribution >= 0.6 is 0 Å². The Bertz CT molecular complexity index is 511. The van der Waals surface area contributed by atoms with E-state index in [1.165, 1.54) is 35.7 Å². The molecule has 3 rings (SSSR count). The first-order valence-electron chi connectivity index (χ1n) is 6.56. The fourth-order valence-corrected chi connectivity index (χ4v) is 2.77. The van der Waals surface area contributed by atoms with Gasteiger partial charge in [0.05, 0.1) is 5.52 Å². The van der Waals surface area contributed by atoms with Crippen molar-refractivity contribution in [3.8, 4) is 0 Å². The lowest BCUT2D eigenvalue weighted by Gasteiger charge is -2.26. The molecule has 0 radical (unpaired) electrons. The van der Waals surface area contributed by atoms with Gasteiger partial charge in [-0.05, 0) is 42.2 Å². The van der Waals surface area contributed by atoms with Crippen molar-refractivity contribution in [1.82, 2.24) is 4.57 Å². The highest BCUT2D eigenvalue weighted by atomic mass is 16.2. The number of aliphatic hydroxyl groups excluding tert-OH is 1. The Morgan fingerprint density at radius 1 is 1.24 bits per heavy atom. The number of hydrogen-bond donors (Lipinski definition) is 1. The molecule has 0 spiro atoms. The Kier molecular flexibility index (Phi) is 2.89. The Morgan fingerprint density at radius 3 is 2.82 bits per heavy atom. The van der Waals surface area contributed by atoms with Crippen molar-refractivity contribution in [3.63, 3.8) is 0 Å². The third-order valence-electron chi connectivity index (χ3n) is 3.93. The van der Waals surface area contributed by atoms with E-state index < -0.39 is 0 Å². The third-order valence-corrected chi connectivity index (χ3v) is 3.93. The van der Waals surface area contributed by atoms with E-state index in [9.17, 15) is 0 Å². The quantitative estimate of drug-likeness (QED) is 0.856. The fourth-order valence-electron chi connectivity index (χ4n) is 2.77. The van der Waals surface area contributed by atoms with Crippen LogP contribution in [0.15, 0.2) is 30.5 Å². The van der Waals surface area contributed by atoms with Crippen LogP contribution in [0.25, 0.3) is 10.9 Å². The smallest absolute Gasteiger partial charge is 0.0513 e. The molecular formula is C15H19NO. The molecule has 0 aliphatic heterocycles.